The third-order valence-corrected chi connectivity index (χ3v) is 2.67. The van der Waals surface area contributed by atoms with Gasteiger partial charge in [-0.3, -0.25) is 4.52 Å². The maximum atomic E-state index is 11.4. The van der Waals surface area contributed by atoms with E-state index in [0.29, 0.717) is 11.3 Å². The van der Waals surface area contributed by atoms with Crippen LogP contribution in [0, 0.1) is 0 Å². The fraction of sp³-hybridized carbons (Fsp3) is 0.250. The van der Waals surface area contributed by atoms with Crippen LogP contribution in [0.3, 0.4) is 0 Å². The van der Waals surface area contributed by atoms with E-state index in [1.165, 1.54) is 0 Å². The highest BCUT2D eigenvalue weighted by molar-refractivity contribution is 7.33. The first-order valence-electron chi connectivity index (χ1n) is 5.32. The summed E-state index contributed by atoms with van der Waals surface area (Å²) in [6.45, 7) is 5.01. The molecule has 6 heteroatoms. The molecule has 0 fully saturated rings. The summed E-state index contributed by atoms with van der Waals surface area (Å²) in [5.41, 5.74) is 0.309. The molecule has 5 nitrogen and oxygen atoms in total. The highest BCUT2D eigenvalue weighted by Gasteiger charge is 2.05. The summed E-state index contributed by atoms with van der Waals surface area (Å²) in [6.07, 6.45) is 0. The van der Waals surface area contributed by atoms with Gasteiger partial charge in [-0.2, -0.15) is 0 Å². The second kappa shape index (κ2) is 7.69. The lowest BCUT2D eigenvalue weighted by atomic mass is 10.3. The number of rotatable bonds is 7. The van der Waals surface area contributed by atoms with Gasteiger partial charge in [0.15, 0.2) is 0 Å². The molecule has 0 saturated heterocycles. The topological polar surface area (TPSA) is 61.8 Å². The summed E-state index contributed by atoms with van der Waals surface area (Å²) < 4.78 is 26.1. The molecular weight excluding hydrogens is 255 g/mol. The summed E-state index contributed by atoms with van der Waals surface area (Å²) >= 11 is 0. The number of carbonyl (C=O) groups is 1. The summed E-state index contributed by atoms with van der Waals surface area (Å²) in [6, 6.07) is 8.69. The first-order chi connectivity index (χ1) is 8.59. The van der Waals surface area contributed by atoms with E-state index in [2.05, 4.69) is 6.58 Å². The van der Waals surface area contributed by atoms with E-state index >= 15 is 0 Å². The number of hydrogen-bond donors (Lipinski definition) is 0. The van der Waals surface area contributed by atoms with Crippen molar-refractivity contribution in [3.05, 3.63) is 42.5 Å². The lowest BCUT2D eigenvalue weighted by Crippen LogP contribution is -2.09. The second-order valence-electron chi connectivity index (χ2n) is 3.43. The molecule has 0 heterocycles. The van der Waals surface area contributed by atoms with E-state index in [0.717, 1.165) is 0 Å². The first kappa shape index (κ1) is 14.5. The number of esters is 1. The van der Waals surface area contributed by atoms with Crippen molar-refractivity contribution in [2.75, 3.05) is 13.2 Å². The molecule has 98 valence electrons. The first-order valence-corrected chi connectivity index (χ1v) is 6.54. The Morgan fingerprint density at radius 2 is 1.94 bits per heavy atom. The van der Waals surface area contributed by atoms with Gasteiger partial charge in [-0.1, -0.05) is 24.8 Å². The normalized spacial score (nSPS) is 11.6. The molecule has 0 N–H and O–H groups in total. The Kier molecular flexibility index (Phi) is 6.19. The van der Waals surface area contributed by atoms with Gasteiger partial charge in [0.2, 0.25) is 0 Å². The minimum Gasteiger partial charge on any atom is -0.460 e. The maximum absolute atomic E-state index is 11.4. The molecule has 1 aromatic carbocycles. The van der Waals surface area contributed by atoms with E-state index in [9.17, 15) is 9.36 Å². The molecule has 0 spiro atoms. The van der Waals surface area contributed by atoms with E-state index < -0.39 is 14.2 Å². The van der Waals surface area contributed by atoms with Crippen LogP contribution in [0.1, 0.15) is 6.92 Å². The maximum Gasteiger partial charge on any atom is 0.367 e. The molecule has 0 amide bonds. The van der Waals surface area contributed by atoms with Crippen LogP contribution >= 0.6 is 8.25 Å². The van der Waals surface area contributed by atoms with Gasteiger partial charge in [0.25, 0.3) is 0 Å². The van der Waals surface area contributed by atoms with Gasteiger partial charge >= 0.3 is 14.2 Å². The quantitative estimate of drug-likeness (QED) is 0.330. The monoisotopic (exact) mass is 270 g/mol. The average molecular weight is 270 g/mol. The van der Waals surface area contributed by atoms with Crippen LogP contribution in [0.25, 0.3) is 0 Å². The number of ether oxygens (including phenoxy) is 1. The van der Waals surface area contributed by atoms with E-state index in [1.54, 1.807) is 31.2 Å². The Balaban J connectivity index is 2.18. The molecule has 1 aromatic rings. The zero-order chi connectivity index (χ0) is 13.4. The lowest BCUT2D eigenvalue weighted by molar-refractivity contribution is -0.139. The Morgan fingerprint density at radius 1 is 1.28 bits per heavy atom. The van der Waals surface area contributed by atoms with Gasteiger partial charge in [0.05, 0.1) is 6.61 Å². The highest BCUT2D eigenvalue weighted by atomic mass is 31.1. The van der Waals surface area contributed by atoms with Crippen molar-refractivity contribution < 1.29 is 23.1 Å². The fourth-order valence-electron chi connectivity index (χ4n) is 0.997. The summed E-state index contributed by atoms with van der Waals surface area (Å²) in [7, 11) is -2.62. The third-order valence-electron chi connectivity index (χ3n) is 1.83. The minimum atomic E-state index is -2.62. The fourth-order valence-corrected chi connectivity index (χ4v) is 1.63. The Hall–Kier alpha value is -1.58. The number of hydrogen-bond acceptors (Lipinski definition) is 5. The zero-order valence-corrected chi connectivity index (χ0v) is 11.0. The molecule has 0 radical (unpaired) electrons. The molecule has 0 aliphatic heterocycles. The predicted octanol–water partition coefficient (Wildman–Crippen LogP) is 2.59. The van der Waals surface area contributed by atoms with Crippen LogP contribution in [0.15, 0.2) is 42.5 Å². The molecule has 0 bridgehead atoms. The highest BCUT2D eigenvalue weighted by Crippen LogP contribution is 2.27. The molecule has 1 atom stereocenters. The van der Waals surface area contributed by atoms with E-state index in [4.69, 9.17) is 13.8 Å². The smallest absolute Gasteiger partial charge is 0.367 e. The zero-order valence-electron chi connectivity index (χ0n) is 10.0. The Bertz CT molecular complexity index is 429. The van der Waals surface area contributed by atoms with Crippen LogP contribution in [-0.2, 0) is 18.6 Å². The largest absolute Gasteiger partial charge is 0.460 e. The van der Waals surface area contributed by atoms with Crippen molar-refractivity contribution in [3.8, 4) is 5.75 Å². The van der Waals surface area contributed by atoms with Gasteiger partial charge < -0.3 is 9.26 Å². The predicted molar refractivity (Wildman–Crippen MR) is 67.8 cm³/mol. The van der Waals surface area contributed by atoms with E-state index in [1.807, 2.05) is 6.07 Å². The van der Waals surface area contributed by atoms with Crippen molar-refractivity contribution in [2.24, 2.45) is 0 Å². The molecule has 18 heavy (non-hydrogen) atoms. The number of carbonyl (C=O) groups excluding carboxylic acids is 1. The van der Waals surface area contributed by atoms with Crippen LogP contribution < -0.4 is 4.52 Å². The van der Waals surface area contributed by atoms with Gasteiger partial charge in [0, 0.05) is 5.57 Å². The van der Waals surface area contributed by atoms with Crippen molar-refractivity contribution in [2.45, 2.75) is 6.92 Å². The van der Waals surface area contributed by atoms with Gasteiger partial charge in [0.1, 0.15) is 12.4 Å². The standard InChI is InChI=1S/C12H15O5P/c1-10(2)12(13)15-8-9-16-18(14)17-11-6-4-3-5-7-11/h3-7,18H,1,8-9H2,2H3. The van der Waals surface area contributed by atoms with Crippen LogP contribution in [0.2, 0.25) is 0 Å². The summed E-state index contributed by atoms with van der Waals surface area (Å²) in [4.78, 5) is 11.0. The molecule has 0 aliphatic rings. The average Bonchev–Trinajstić information content (AvgIpc) is 2.35. The van der Waals surface area contributed by atoms with Crippen molar-refractivity contribution >= 4 is 14.2 Å². The summed E-state index contributed by atoms with van der Waals surface area (Å²) in [5, 5.41) is 0. The molecule has 0 aliphatic carbocycles. The summed E-state index contributed by atoms with van der Waals surface area (Å²) in [5.74, 6) is -0.0254. The van der Waals surface area contributed by atoms with Crippen LogP contribution in [-0.4, -0.2) is 19.2 Å². The molecule has 0 aromatic heterocycles. The SMILES string of the molecule is C=C(C)C(=O)OCCO[PH](=O)Oc1ccccc1. The number of benzene rings is 1. The lowest BCUT2D eigenvalue weighted by Gasteiger charge is -2.07. The van der Waals surface area contributed by atoms with Gasteiger partial charge in [-0.25, -0.2) is 9.36 Å². The van der Waals surface area contributed by atoms with E-state index in [-0.39, 0.29) is 13.2 Å². The molecule has 1 unspecified atom stereocenters. The van der Waals surface area contributed by atoms with Crippen LogP contribution in [0.4, 0.5) is 0 Å². The molecule has 1 rings (SSSR count). The number of para-hydroxylation sites is 1. The minimum absolute atomic E-state index is 0.0141. The van der Waals surface area contributed by atoms with Crippen molar-refractivity contribution in [3.63, 3.8) is 0 Å². The molecular formula is C12H15O5P. The Morgan fingerprint density at radius 3 is 2.56 bits per heavy atom. The van der Waals surface area contributed by atoms with Crippen molar-refractivity contribution in [1.29, 1.82) is 0 Å². The van der Waals surface area contributed by atoms with Crippen LogP contribution in [0.5, 0.6) is 5.75 Å². The van der Waals surface area contributed by atoms with Crippen molar-refractivity contribution in [1.82, 2.24) is 0 Å². The second-order valence-corrected chi connectivity index (χ2v) is 4.42. The molecule has 0 saturated carbocycles. The van der Waals surface area contributed by atoms with Gasteiger partial charge in [-0.15, -0.1) is 0 Å². The third kappa shape index (κ3) is 5.66. The van der Waals surface area contributed by atoms with Gasteiger partial charge in [-0.05, 0) is 19.1 Å². The Labute approximate surface area is 106 Å².